The summed E-state index contributed by atoms with van der Waals surface area (Å²) in [4.78, 5) is 252. The Bertz CT molecular complexity index is 4170. The number of cyclic esters (lactones) is 6. The summed E-state index contributed by atoms with van der Waals surface area (Å²) in [5.74, 6) is -23.2. The number of Topliss-reactive ketones (excluding diaryl/α,β-unsaturated/α-hetero) is 2. The Kier molecular flexibility index (Phi) is 47.0. The standard InChI is InChI=1S/C92H136N6O34/c1-24-37-118-88(112)77-76(132-92(115)120-39-26-3)75(131-91(114)119-38-25-2)54(18)89(130-77)129-66-35-34-60(42-63(66)98(116)117)46-121-90(113)97(23)36-30-33-70(101)122-56(20)74-87(111)128-69(43-59-31-28-27-29-32-59)81(105)95-71(51(12)13)84(108)123-55(19)64(99)44-61(49(8)9)83(107)127-68(41-48(6)7)80(104)94-72(52(14)15)85(109)125-58(22)78(102)93-73(53(16)17)86(110)126-67(40-47(4)5)65(100)45-62(50(10)11)82(106)124-57(21)79(103)96-74/h24-26,34-35,42,47-59,61-62,67-69,71-77,89H,1-3,27-33,36-41,43-46H2,4-23H3,(H,93,102)(H,94,104)(H,95,105)(H,96,103)/t54-,55+,56-,57+,58+,61+,62-,67-,68-,69-,71-,72-,73+,74+,75-,76+,77+,89-/m1/s1. The third kappa shape index (κ3) is 36.2. The molecular formula is C92H136N6O34. The van der Waals surface area contributed by atoms with Crippen LogP contribution in [0.3, 0.4) is 0 Å². The Hall–Kier alpha value is -11.6. The number of nitro groups is 1. The van der Waals surface area contributed by atoms with Crippen LogP contribution in [-0.4, -0.2) is 236 Å². The third-order valence-electron chi connectivity index (χ3n) is 22.0. The Morgan fingerprint density at radius 1 is 0.523 bits per heavy atom. The zero-order valence-corrected chi connectivity index (χ0v) is 79.4. The molecule has 0 bridgehead atoms. The molecule has 2 heterocycles. The average Bonchev–Trinajstić information content (AvgIpc) is 0.774. The second-order valence-electron chi connectivity index (χ2n) is 35.8. The number of esters is 8. The van der Waals surface area contributed by atoms with Crippen LogP contribution in [0.4, 0.5) is 20.1 Å². The van der Waals surface area contributed by atoms with Gasteiger partial charge < -0.3 is 97.2 Å². The van der Waals surface area contributed by atoms with Crippen molar-refractivity contribution < 1.29 is 157 Å². The van der Waals surface area contributed by atoms with E-state index in [4.69, 9.17) is 71.1 Å². The van der Waals surface area contributed by atoms with Gasteiger partial charge in [-0.15, -0.1) is 0 Å². The van der Waals surface area contributed by atoms with Gasteiger partial charge in [-0.05, 0) is 112 Å². The maximum absolute atomic E-state index is 15.1. The van der Waals surface area contributed by atoms with Crippen LogP contribution in [0.15, 0.2) is 56.2 Å². The average molecular weight is 1870 g/mol. The number of amides is 5. The number of nitrogens with zero attached hydrogens (tertiary/aromatic N) is 2. The number of nitro benzene ring substituents is 1. The minimum absolute atomic E-state index is 0.0395. The summed E-state index contributed by atoms with van der Waals surface area (Å²) in [6.45, 7) is 37.5. The second kappa shape index (κ2) is 55.0. The van der Waals surface area contributed by atoms with Gasteiger partial charge in [-0.25, -0.2) is 38.4 Å². The molecule has 18 atom stereocenters. The van der Waals surface area contributed by atoms with E-state index in [-0.39, 0.29) is 75.4 Å². The highest BCUT2D eigenvalue weighted by Crippen LogP contribution is 2.38. The Balaban J connectivity index is 1.72. The van der Waals surface area contributed by atoms with E-state index < -0.39 is 282 Å². The molecule has 0 unspecified atom stereocenters. The number of carbonyl (C=O) groups excluding carboxylic acids is 17. The smallest absolute Gasteiger partial charge is 0.460 e. The van der Waals surface area contributed by atoms with E-state index in [1.165, 1.54) is 59.0 Å². The zero-order valence-electron chi connectivity index (χ0n) is 79.4. The Labute approximate surface area is 770 Å². The maximum Gasteiger partial charge on any atom is 0.509 e. The number of ketones is 2. The molecule has 132 heavy (non-hydrogen) atoms. The fourth-order valence-electron chi connectivity index (χ4n) is 14.2. The first-order chi connectivity index (χ1) is 61.9. The van der Waals surface area contributed by atoms with E-state index in [9.17, 15) is 86.8 Å². The number of rotatable bonds is 31. The molecule has 1 aromatic carbocycles. The minimum atomic E-state index is -2.04. The van der Waals surface area contributed by atoms with Gasteiger partial charge in [-0.2, -0.15) is 0 Å². The van der Waals surface area contributed by atoms with Crippen molar-refractivity contribution in [2.75, 3.05) is 33.4 Å². The molecule has 738 valence electrons. The summed E-state index contributed by atoms with van der Waals surface area (Å²) < 4.78 is 84.1. The van der Waals surface area contributed by atoms with Gasteiger partial charge in [0.05, 0.1) is 22.7 Å². The topological polar surface area (TPSA) is 523 Å². The first-order valence-electron chi connectivity index (χ1n) is 44.8. The molecule has 4 N–H and O–H groups in total. The number of benzene rings is 1. The van der Waals surface area contributed by atoms with Crippen molar-refractivity contribution in [1.82, 2.24) is 26.2 Å². The van der Waals surface area contributed by atoms with Gasteiger partial charge in [0.15, 0.2) is 78.3 Å². The van der Waals surface area contributed by atoms with Crippen molar-refractivity contribution in [3.05, 3.63) is 71.8 Å². The predicted octanol–water partition coefficient (Wildman–Crippen LogP) is 9.74. The molecule has 1 aromatic rings. The first-order valence-corrected chi connectivity index (χ1v) is 44.8. The lowest BCUT2D eigenvalue weighted by Crippen LogP contribution is -2.60. The quantitative estimate of drug-likeness (QED) is 0.0176. The fraction of sp³-hybridized carbons (Fsp3) is 0.685. The molecule has 2 aliphatic heterocycles. The van der Waals surface area contributed by atoms with E-state index >= 15 is 4.79 Å². The SMILES string of the molecule is C=CCOC(=O)O[C@@H]1[C@@H](C)[C@H](Oc2ccc(COC(=O)N(C)CCCC(=O)O[C@H](C)[C@@H]3NC(=O)[C@H](C)OC(=O)[C@@H](C(C)C)CC(=O)[C@@H](CC(C)C)OC(=O)[C@H](C(C)C)NC(=O)[C@H](C)OC(=O)[C@@H](C(C)C)NC(=O)[C@@H](CC(C)C)OC(=O)[C@H](C(C)C)CC(=O)[C@H](C)OC(=O)[C@@H](C(C)C)NC(=O)[C@@H](CC4CCCCC4)OC3=O)cc2[N+](=O)[O-])O[C@H](C(=O)OCC=C)[C@H]1OC(=O)OCC=C. The lowest BCUT2D eigenvalue weighted by atomic mass is 9.85. The van der Waals surface area contributed by atoms with Gasteiger partial charge in [0, 0.05) is 38.9 Å². The van der Waals surface area contributed by atoms with Crippen molar-refractivity contribution >= 4 is 107 Å². The van der Waals surface area contributed by atoms with E-state index in [2.05, 4.69) is 41.0 Å². The molecule has 4 rings (SSSR count). The number of ether oxygens (including phenoxy) is 15. The van der Waals surface area contributed by atoms with Gasteiger partial charge in [-0.3, -0.25) is 53.3 Å². The second-order valence-corrected chi connectivity index (χ2v) is 35.8. The molecule has 40 nitrogen and oxygen atoms in total. The lowest BCUT2D eigenvalue weighted by molar-refractivity contribution is -0.387. The summed E-state index contributed by atoms with van der Waals surface area (Å²) in [6.07, 6.45) is -17.3. The molecule has 0 aromatic heterocycles. The van der Waals surface area contributed by atoms with E-state index in [0.29, 0.717) is 12.8 Å². The van der Waals surface area contributed by atoms with Crippen molar-refractivity contribution in [1.29, 1.82) is 0 Å². The molecule has 1 saturated carbocycles. The van der Waals surface area contributed by atoms with Crippen LogP contribution in [0.2, 0.25) is 0 Å². The number of carbonyl (C=O) groups is 17. The van der Waals surface area contributed by atoms with Crippen LogP contribution >= 0.6 is 0 Å². The fourth-order valence-corrected chi connectivity index (χ4v) is 14.2. The molecule has 3 aliphatic rings. The van der Waals surface area contributed by atoms with Gasteiger partial charge >= 0.3 is 71.8 Å². The number of nitrogens with one attached hydrogen (secondary N) is 4. The predicted molar refractivity (Wildman–Crippen MR) is 468 cm³/mol. The molecule has 3 fully saturated rings. The minimum Gasteiger partial charge on any atom is -0.460 e. The Morgan fingerprint density at radius 3 is 1.47 bits per heavy atom. The first kappa shape index (κ1) is 113. The molecule has 1 aliphatic carbocycles. The Morgan fingerprint density at radius 2 is 0.962 bits per heavy atom. The van der Waals surface area contributed by atoms with E-state index in [0.717, 1.165) is 43.2 Å². The highest BCUT2D eigenvalue weighted by molar-refractivity contribution is 5.96. The van der Waals surface area contributed by atoms with Gasteiger partial charge in [0.1, 0.15) is 50.7 Å². The van der Waals surface area contributed by atoms with Crippen LogP contribution < -0.4 is 26.0 Å². The summed E-state index contributed by atoms with van der Waals surface area (Å²) in [6, 6.07) is -3.09. The van der Waals surface area contributed by atoms with Crippen molar-refractivity contribution in [3.63, 3.8) is 0 Å². The third-order valence-corrected chi connectivity index (χ3v) is 22.0. The van der Waals surface area contributed by atoms with Gasteiger partial charge in [0.25, 0.3) is 23.6 Å². The number of hydrogen-bond acceptors (Lipinski definition) is 34. The van der Waals surface area contributed by atoms with Gasteiger partial charge in [0.2, 0.25) is 6.29 Å². The van der Waals surface area contributed by atoms with Crippen LogP contribution in [-0.2, 0) is 140 Å². The molecule has 2 saturated heterocycles. The normalized spacial score (nSPS) is 26.0. The largest absolute Gasteiger partial charge is 0.509 e. The summed E-state index contributed by atoms with van der Waals surface area (Å²) in [5.41, 5.74) is -0.679. The summed E-state index contributed by atoms with van der Waals surface area (Å²) >= 11 is 0. The van der Waals surface area contributed by atoms with Crippen LogP contribution in [0.1, 0.15) is 214 Å². The van der Waals surface area contributed by atoms with Crippen LogP contribution in [0.5, 0.6) is 5.75 Å². The van der Waals surface area contributed by atoms with Crippen LogP contribution in [0, 0.1) is 75.2 Å². The number of hydrogen-bond donors (Lipinski definition) is 4. The summed E-state index contributed by atoms with van der Waals surface area (Å²) in [5, 5.41) is 22.9. The van der Waals surface area contributed by atoms with Crippen molar-refractivity contribution in [2.45, 2.75) is 307 Å². The highest BCUT2D eigenvalue weighted by Gasteiger charge is 2.54. The molecule has 5 amide bonds. The summed E-state index contributed by atoms with van der Waals surface area (Å²) in [7, 11) is 1.29. The molecule has 40 heteroatoms. The maximum atomic E-state index is 15.1. The lowest BCUT2D eigenvalue weighted by Gasteiger charge is -2.42. The van der Waals surface area contributed by atoms with E-state index in [1.54, 1.807) is 96.9 Å². The molecule has 0 spiro atoms. The van der Waals surface area contributed by atoms with Crippen molar-refractivity contribution in [2.24, 2.45) is 65.1 Å². The van der Waals surface area contributed by atoms with Gasteiger partial charge in [-0.1, -0.05) is 180 Å². The molecule has 0 radical (unpaired) electrons. The zero-order chi connectivity index (χ0) is 99.4. The monoisotopic (exact) mass is 1870 g/mol. The van der Waals surface area contributed by atoms with E-state index in [1.807, 2.05) is 0 Å². The van der Waals surface area contributed by atoms with Crippen LogP contribution in [0.25, 0.3) is 0 Å². The molecular weight excluding hydrogens is 1730 g/mol. The van der Waals surface area contributed by atoms with Crippen molar-refractivity contribution in [3.8, 4) is 5.75 Å². The highest BCUT2D eigenvalue weighted by atomic mass is 16.8.